The van der Waals surface area contributed by atoms with Crippen molar-refractivity contribution in [3.63, 3.8) is 0 Å². The second kappa shape index (κ2) is 9.93. The van der Waals surface area contributed by atoms with Gasteiger partial charge in [-0.25, -0.2) is 9.18 Å². The first-order chi connectivity index (χ1) is 17.8. The van der Waals surface area contributed by atoms with Gasteiger partial charge in [0.1, 0.15) is 17.1 Å². The van der Waals surface area contributed by atoms with Crippen molar-refractivity contribution in [2.24, 2.45) is 0 Å². The van der Waals surface area contributed by atoms with Crippen molar-refractivity contribution in [1.82, 2.24) is 19.9 Å². The Hall–Kier alpha value is -3.79. The minimum Gasteiger partial charge on any atom is -0.491 e. The molecule has 3 heterocycles. The fourth-order valence-electron chi connectivity index (χ4n) is 5.38. The highest BCUT2D eigenvalue weighted by Crippen LogP contribution is 2.43. The van der Waals surface area contributed by atoms with Crippen LogP contribution in [0, 0.1) is 5.82 Å². The van der Waals surface area contributed by atoms with E-state index < -0.39 is 17.4 Å². The molecule has 3 amide bonds. The molecule has 37 heavy (non-hydrogen) atoms. The fraction of sp³-hybridized carbons (Fsp3) is 0.407. The SMILES string of the molecule is CC(C)Oc1cccc(CN2CC[C@@]3(C[C@@H]2C)C(=O)N(Cc2ncon2)C(=O)N3c2cccc(F)c2)c1. The van der Waals surface area contributed by atoms with Crippen LogP contribution < -0.4 is 9.64 Å². The summed E-state index contributed by atoms with van der Waals surface area (Å²) < 4.78 is 24.8. The number of imide groups is 1. The lowest BCUT2D eigenvalue weighted by atomic mass is 9.81. The number of carbonyl (C=O) groups excluding carboxylic acids is 2. The number of anilines is 1. The quantitative estimate of drug-likeness (QED) is 0.438. The van der Waals surface area contributed by atoms with Crippen LogP contribution in [0.15, 0.2) is 59.4 Å². The third-order valence-electron chi connectivity index (χ3n) is 6.99. The van der Waals surface area contributed by atoms with Crippen LogP contribution in [-0.2, 0) is 17.9 Å². The molecule has 194 valence electrons. The largest absolute Gasteiger partial charge is 0.491 e. The van der Waals surface area contributed by atoms with E-state index in [4.69, 9.17) is 9.26 Å². The van der Waals surface area contributed by atoms with E-state index in [1.165, 1.54) is 17.0 Å². The Balaban J connectivity index is 1.42. The monoisotopic (exact) mass is 507 g/mol. The normalized spacial score (nSPS) is 22.5. The Morgan fingerprint density at radius 3 is 2.68 bits per heavy atom. The molecule has 9 nitrogen and oxygen atoms in total. The Kier molecular flexibility index (Phi) is 6.68. The number of ether oxygens (including phenoxy) is 1. The lowest BCUT2D eigenvalue weighted by Crippen LogP contribution is -2.59. The van der Waals surface area contributed by atoms with Gasteiger partial charge in [-0.05, 0) is 69.5 Å². The average molecular weight is 508 g/mol. The van der Waals surface area contributed by atoms with Crippen LogP contribution in [0.25, 0.3) is 0 Å². The molecule has 0 saturated carbocycles. The molecule has 0 aliphatic carbocycles. The van der Waals surface area contributed by atoms with E-state index in [1.54, 1.807) is 12.1 Å². The summed E-state index contributed by atoms with van der Waals surface area (Å²) in [7, 11) is 0. The van der Waals surface area contributed by atoms with Crippen LogP contribution >= 0.6 is 0 Å². The van der Waals surface area contributed by atoms with Crippen LogP contribution in [0.2, 0.25) is 0 Å². The molecule has 0 N–H and O–H groups in total. The average Bonchev–Trinajstić information content (AvgIpc) is 3.43. The third-order valence-corrected chi connectivity index (χ3v) is 6.99. The summed E-state index contributed by atoms with van der Waals surface area (Å²) in [5.74, 6) is 0.246. The zero-order valence-electron chi connectivity index (χ0n) is 21.1. The number of benzene rings is 2. The van der Waals surface area contributed by atoms with Gasteiger partial charge in [0.05, 0.1) is 12.6 Å². The highest BCUT2D eigenvalue weighted by atomic mass is 19.1. The van der Waals surface area contributed by atoms with Crippen LogP contribution in [0.3, 0.4) is 0 Å². The standard InChI is InChI=1S/C27H30FN5O4/c1-18(2)37-23-9-4-6-20(12-23)15-31-11-10-27(14-19(31)3)25(34)32(16-24-29-17-36-30-24)26(35)33(27)22-8-5-7-21(28)13-22/h4-9,12-13,17-19H,10-11,14-16H2,1-3H3/t19-,27+/m0/s1. The number of piperidine rings is 1. The van der Waals surface area contributed by atoms with Gasteiger partial charge in [-0.15, -0.1) is 0 Å². The Morgan fingerprint density at radius 1 is 1.16 bits per heavy atom. The molecule has 0 radical (unpaired) electrons. The Morgan fingerprint density at radius 2 is 1.97 bits per heavy atom. The van der Waals surface area contributed by atoms with E-state index in [9.17, 15) is 14.0 Å². The molecule has 1 spiro atoms. The lowest BCUT2D eigenvalue weighted by molar-refractivity contribution is -0.133. The first-order valence-corrected chi connectivity index (χ1v) is 12.4. The maximum absolute atomic E-state index is 14.2. The Labute approximate surface area is 214 Å². The molecule has 0 unspecified atom stereocenters. The molecule has 2 aromatic carbocycles. The molecule has 2 aliphatic rings. The van der Waals surface area contributed by atoms with E-state index in [2.05, 4.69) is 28.0 Å². The smallest absolute Gasteiger partial charge is 0.332 e. The maximum Gasteiger partial charge on any atom is 0.332 e. The predicted molar refractivity (Wildman–Crippen MR) is 133 cm³/mol. The zero-order chi connectivity index (χ0) is 26.2. The van der Waals surface area contributed by atoms with Gasteiger partial charge in [-0.1, -0.05) is 23.4 Å². The number of likely N-dealkylation sites (tertiary alicyclic amines) is 1. The molecule has 10 heteroatoms. The van der Waals surface area contributed by atoms with Gasteiger partial charge < -0.3 is 9.26 Å². The molecular weight excluding hydrogens is 477 g/mol. The van der Waals surface area contributed by atoms with Gasteiger partial charge >= 0.3 is 6.03 Å². The summed E-state index contributed by atoms with van der Waals surface area (Å²) in [6.07, 6.45) is 2.05. The molecule has 2 atom stereocenters. The van der Waals surface area contributed by atoms with E-state index >= 15 is 0 Å². The molecule has 5 rings (SSSR count). The number of nitrogens with zero attached hydrogens (tertiary/aromatic N) is 5. The number of carbonyl (C=O) groups is 2. The molecule has 0 bridgehead atoms. The van der Waals surface area contributed by atoms with Gasteiger partial charge in [0.2, 0.25) is 6.39 Å². The third kappa shape index (κ3) is 4.81. The zero-order valence-corrected chi connectivity index (χ0v) is 21.1. The van der Waals surface area contributed by atoms with Crippen molar-refractivity contribution < 1.29 is 23.2 Å². The number of hydrogen-bond donors (Lipinski definition) is 0. The number of halogens is 1. The summed E-state index contributed by atoms with van der Waals surface area (Å²) in [4.78, 5) is 36.4. The second-order valence-electron chi connectivity index (χ2n) is 9.96. The molecule has 2 fully saturated rings. The number of hydrogen-bond acceptors (Lipinski definition) is 7. The van der Waals surface area contributed by atoms with E-state index in [0.29, 0.717) is 31.6 Å². The number of urea groups is 1. The lowest BCUT2D eigenvalue weighted by Gasteiger charge is -2.45. The first-order valence-electron chi connectivity index (χ1n) is 12.4. The van der Waals surface area contributed by atoms with Crippen molar-refractivity contribution in [1.29, 1.82) is 0 Å². The van der Waals surface area contributed by atoms with Gasteiger partial charge in [-0.3, -0.25) is 19.5 Å². The molecule has 2 aliphatic heterocycles. The summed E-state index contributed by atoms with van der Waals surface area (Å²) in [6, 6.07) is 13.3. The van der Waals surface area contributed by atoms with E-state index in [1.807, 2.05) is 32.0 Å². The maximum atomic E-state index is 14.2. The van der Waals surface area contributed by atoms with Crippen LogP contribution in [-0.4, -0.2) is 56.1 Å². The van der Waals surface area contributed by atoms with Gasteiger partial charge in [-0.2, -0.15) is 4.98 Å². The molecule has 2 saturated heterocycles. The topological polar surface area (TPSA) is 92.0 Å². The van der Waals surface area contributed by atoms with Crippen LogP contribution in [0.1, 0.15) is 45.0 Å². The first kappa shape index (κ1) is 24.9. The fourth-order valence-corrected chi connectivity index (χ4v) is 5.38. The predicted octanol–water partition coefficient (Wildman–Crippen LogP) is 4.39. The van der Waals surface area contributed by atoms with Crippen LogP contribution in [0.5, 0.6) is 5.75 Å². The number of rotatable bonds is 7. The minimum atomic E-state index is -1.13. The molecule has 1 aromatic heterocycles. The van der Waals surface area contributed by atoms with Gasteiger partial charge in [0, 0.05) is 24.8 Å². The summed E-state index contributed by atoms with van der Waals surface area (Å²) in [5.41, 5.74) is 0.330. The van der Waals surface area contributed by atoms with Gasteiger partial charge in [0.15, 0.2) is 5.82 Å². The van der Waals surface area contributed by atoms with Crippen molar-refractivity contribution in [3.05, 3.63) is 72.1 Å². The number of amides is 3. The Bertz CT molecular complexity index is 1280. The summed E-state index contributed by atoms with van der Waals surface area (Å²) >= 11 is 0. The number of aromatic nitrogens is 2. The van der Waals surface area contributed by atoms with Crippen molar-refractivity contribution in [2.75, 3.05) is 11.4 Å². The molecule has 3 aromatic rings. The highest BCUT2D eigenvalue weighted by Gasteiger charge is 2.60. The van der Waals surface area contributed by atoms with Crippen LogP contribution in [0.4, 0.5) is 14.9 Å². The van der Waals surface area contributed by atoms with E-state index in [0.717, 1.165) is 22.6 Å². The highest BCUT2D eigenvalue weighted by molar-refractivity contribution is 6.16. The van der Waals surface area contributed by atoms with Gasteiger partial charge in [0.25, 0.3) is 5.91 Å². The summed E-state index contributed by atoms with van der Waals surface area (Å²) in [5, 5.41) is 3.76. The van der Waals surface area contributed by atoms with E-state index in [-0.39, 0.29) is 30.4 Å². The summed E-state index contributed by atoms with van der Waals surface area (Å²) in [6.45, 7) is 7.19. The van der Waals surface area contributed by atoms with Crippen molar-refractivity contribution >= 4 is 17.6 Å². The van der Waals surface area contributed by atoms with Crippen molar-refractivity contribution in [3.8, 4) is 5.75 Å². The minimum absolute atomic E-state index is 0.0265. The molecular formula is C27H30FN5O4. The second-order valence-corrected chi connectivity index (χ2v) is 9.96. The van der Waals surface area contributed by atoms with Crippen molar-refractivity contribution in [2.45, 2.75) is 64.4 Å².